The molecular weight excluding hydrogens is 338 g/mol. The summed E-state index contributed by atoms with van der Waals surface area (Å²) in [6.45, 7) is 0.356. The first-order chi connectivity index (χ1) is 12.1. The minimum Gasteiger partial charge on any atom is -0.496 e. The number of para-hydroxylation sites is 1. The summed E-state index contributed by atoms with van der Waals surface area (Å²) in [6.07, 6.45) is 0. The second-order valence-corrected chi connectivity index (χ2v) is 6.56. The molecule has 1 heterocycles. The third kappa shape index (κ3) is 3.88. The fourth-order valence-electron chi connectivity index (χ4n) is 2.55. The first-order valence-corrected chi connectivity index (χ1v) is 8.77. The molecule has 3 rings (SSSR count). The van der Waals surface area contributed by atoms with Crippen LogP contribution in [0.1, 0.15) is 5.56 Å². The van der Waals surface area contributed by atoms with E-state index < -0.39 is 0 Å². The minimum atomic E-state index is -0.316. The summed E-state index contributed by atoms with van der Waals surface area (Å²) >= 11 is 1.51. The zero-order chi connectivity index (χ0) is 17.8. The van der Waals surface area contributed by atoms with Crippen molar-refractivity contribution in [1.82, 2.24) is 5.32 Å². The lowest BCUT2D eigenvalue weighted by atomic mass is 10.2. The van der Waals surface area contributed by atoms with Gasteiger partial charge in [0.25, 0.3) is 0 Å². The van der Waals surface area contributed by atoms with Crippen molar-refractivity contribution < 1.29 is 14.3 Å². The summed E-state index contributed by atoms with van der Waals surface area (Å²) in [6, 6.07) is 12.8. The van der Waals surface area contributed by atoms with E-state index in [9.17, 15) is 9.59 Å². The lowest BCUT2D eigenvalue weighted by molar-refractivity contribution is -0.116. The zero-order valence-electron chi connectivity index (χ0n) is 14.0. The molecule has 0 aliphatic carbocycles. The van der Waals surface area contributed by atoms with E-state index in [1.807, 2.05) is 42.5 Å². The summed E-state index contributed by atoms with van der Waals surface area (Å²) in [5.41, 5.74) is 2.34. The first kappa shape index (κ1) is 17.2. The van der Waals surface area contributed by atoms with E-state index in [2.05, 4.69) is 10.6 Å². The van der Waals surface area contributed by atoms with Crippen molar-refractivity contribution in [2.75, 3.05) is 30.1 Å². The quantitative estimate of drug-likeness (QED) is 0.882. The molecule has 0 saturated heterocycles. The van der Waals surface area contributed by atoms with Gasteiger partial charge in [0.2, 0.25) is 5.91 Å². The van der Waals surface area contributed by atoms with Crippen LogP contribution in [-0.4, -0.2) is 31.8 Å². The Kier molecular flexibility index (Phi) is 5.14. The topological polar surface area (TPSA) is 70.7 Å². The van der Waals surface area contributed by atoms with Crippen LogP contribution >= 0.6 is 11.8 Å². The monoisotopic (exact) mass is 357 g/mol. The third-order valence-corrected chi connectivity index (χ3v) is 4.98. The molecule has 25 heavy (non-hydrogen) atoms. The predicted octanol–water partition coefficient (Wildman–Crippen LogP) is 3.09. The Bertz CT molecular complexity index is 810. The van der Waals surface area contributed by atoms with Gasteiger partial charge in [-0.15, -0.1) is 11.8 Å². The van der Waals surface area contributed by atoms with E-state index in [1.54, 1.807) is 19.1 Å². The van der Waals surface area contributed by atoms with Gasteiger partial charge in [0.1, 0.15) is 5.75 Å². The van der Waals surface area contributed by atoms with Gasteiger partial charge in [-0.25, -0.2) is 4.79 Å². The van der Waals surface area contributed by atoms with Crippen LogP contribution in [0.5, 0.6) is 5.75 Å². The number of carbonyl (C=O) groups is 2. The Labute approximate surface area is 150 Å². The second-order valence-electron chi connectivity index (χ2n) is 5.54. The number of methoxy groups -OCH3 is 1. The van der Waals surface area contributed by atoms with Crippen LogP contribution in [0.25, 0.3) is 0 Å². The van der Waals surface area contributed by atoms with Crippen LogP contribution in [0.3, 0.4) is 0 Å². The van der Waals surface area contributed by atoms with Gasteiger partial charge >= 0.3 is 6.03 Å². The number of urea groups is 1. The third-order valence-electron chi connectivity index (χ3n) is 3.94. The van der Waals surface area contributed by atoms with Crippen LogP contribution in [0.4, 0.5) is 16.2 Å². The summed E-state index contributed by atoms with van der Waals surface area (Å²) in [5.74, 6) is 1.22. The van der Waals surface area contributed by atoms with Gasteiger partial charge in [0, 0.05) is 29.7 Å². The number of thioether (sulfide) groups is 1. The van der Waals surface area contributed by atoms with E-state index in [-0.39, 0.29) is 11.9 Å². The number of benzene rings is 2. The van der Waals surface area contributed by atoms with E-state index in [1.165, 1.54) is 11.8 Å². The zero-order valence-corrected chi connectivity index (χ0v) is 14.9. The molecule has 0 aromatic heterocycles. The van der Waals surface area contributed by atoms with Crippen LogP contribution < -0.4 is 20.3 Å². The van der Waals surface area contributed by atoms with Crippen molar-refractivity contribution in [1.29, 1.82) is 0 Å². The molecule has 0 atom stereocenters. The van der Waals surface area contributed by atoms with Crippen molar-refractivity contribution in [2.24, 2.45) is 0 Å². The first-order valence-electron chi connectivity index (χ1n) is 7.78. The highest BCUT2D eigenvalue weighted by Crippen LogP contribution is 2.36. The van der Waals surface area contributed by atoms with Crippen molar-refractivity contribution in [3.8, 4) is 5.75 Å². The molecule has 130 valence electrons. The van der Waals surface area contributed by atoms with Gasteiger partial charge < -0.3 is 20.3 Å². The van der Waals surface area contributed by atoms with Gasteiger partial charge in [-0.2, -0.15) is 0 Å². The largest absolute Gasteiger partial charge is 0.496 e. The number of anilines is 2. The molecule has 2 N–H and O–H groups in total. The van der Waals surface area contributed by atoms with Crippen LogP contribution in [0, 0.1) is 0 Å². The van der Waals surface area contributed by atoms with Gasteiger partial charge in [-0.05, 0) is 24.3 Å². The van der Waals surface area contributed by atoms with Crippen molar-refractivity contribution in [2.45, 2.75) is 11.4 Å². The van der Waals surface area contributed by atoms with E-state index in [0.717, 1.165) is 21.9 Å². The van der Waals surface area contributed by atoms with Crippen molar-refractivity contribution in [3.05, 3.63) is 48.0 Å². The number of ether oxygens (including phenoxy) is 1. The molecule has 0 fully saturated rings. The fourth-order valence-corrected chi connectivity index (χ4v) is 3.53. The molecule has 7 heteroatoms. The highest BCUT2D eigenvalue weighted by Gasteiger charge is 2.21. The maximum Gasteiger partial charge on any atom is 0.319 e. The van der Waals surface area contributed by atoms with Gasteiger partial charge in [0.15, 0.2) is 0 Å². The lowest BCUT2D eigenvalue weighted by Gasteiger charge is -2.25. The summed E-state index contributed by atoms with van der Waals surface area (Å²) in [5, 5.41) is 5.60. The average molecular weight is 357 g/mol. The number of carbonyl (C=O) groups excluding carboxylic acids is 2. The normalized spacial score (nSPS) is 13.2. The van der Waals surface area contributed by atoms with Gasteiger partial charge in [-0.3, -0.25) is 4.79 Å². The summed E-state index contributed by atoms with van der Waals surface area (Å²) < 4.78 is 5.27. The highest BCUT2D eigenvalue weighted by molar-refractivity contribution is 8.00. The Hall–Kier alpha value is -2.67. The lowest BCUT2D eigenvalue weighted by Crippen LogP contribution is -2.32. The predicted molar refractivity (Wildman–Crippen MR) is 99.4 cm³/mol. The number of hydrogen-bond donors (Lipinski definition) is 2. The molecule has 3 amide bonds. The minimum absolute atomic E-state index is 0.0512. The number of nitrogens with one attached hydrogen (secondary N) is 2. The average Bonchev–Trinajstić information content (AvgIpc) is 2.63. The molecule has 0 spiro atoms. The Balaban J connectivity index is 1.64. The molecule has 1 aliphatic heterocycles. The number of nitrogens with zero attached hydrogens (tertiary/aromatic N) is 1. The molecule has 0 unspecified atom stereocenters. The fraction of sp³-hybridized carbons (Fsp3) is 0.222. The number of rotatable bonds is 4. The van der Waals surface area contributed by atoms with Gasteiger partial charge in [0.05, 0.1) is 18.6 Å². The summed E-state index contributed by atoms with van der Waals surface area (Å²) in [7, 11) is 3.34. The highest BCUT2D eigenvalue weighted by atomic mass is 32.2. The Morgan fingerprint density at radius 2 is 2.08 bits per heavy atom. The standard InChI is InChI=1S/C18H19N3O3S/c1-21-14-9-13(7-8-16(14)25-11-17(21)22)20-18(23)19-10-12-5-3-4-6-15(12)24-2/h3-9H,10-11H2,1-2H3,(H2,19,20,23). The smallest absolute Gasteiger partial charge is 0.319 e. The molecule has 0 radical (unpaired) electrons. The molecule has 6 nitrogen and oxygen atoms in total. The molecule has 2 aromatic carbocycles. The maximum atomic E-state index is 12.2. The van der Waals surface area contributed by atoms with E-state index in [0.29, 0.717) is 18.0 Å². The van der Waals surface area contributed by atoms with Crippen LogP contribution in [0.2, 0.25) is 0 Å². The molecule has 0 bridgehead atoms. The SMILES string of the molecule is COc1ccccc1CNC(=O)Nc1ccc2c(c1)N(C)C(=O)CS2. The van der Waals surface area contributed by atoms with Crippen molar-refractivity contribution in [3.63, 3.8) is 0 Å². The van der Waals surface area contributed by atoms with E-state index in [4.69, 9.17) is 4.74 Å². The number of fused-ring (bicyclic) bond motifs is 1. The van der Waals surface area contributed by atoms with E-state index >= 15 is 0 Å². The Morgan fingerprint density at radius 3 is 2.88 bits per heavy atom. The maximum absolute atomic E-state index is 12.2. The molecule has 2 aromatic rings. The van der Waals surface area contributed by atoms with Crippen molar-refractivity contribution >= 4 is 35.1 Å². The Morgan fingerprint density at radius 1 is 1.28 bits per heavy atom. The van der Waals surface area contributed by atoms with Crippen LogP contribution in [0.15, 0.2) is 47.4 Å². The molecular formula is C18H19N3O3S. The van der Waals surface area contributed by atoms with Crippen LogP contribution in [-0.2, 0) is 11.3 Å². The summed E-state index contributed by atoms with van der Waals surface area (Å²) in [4.78, 5) is 26.6. The van der Waals surface area contributed by atoms with Gasteiger partial charge in [-0.1, -0.05) is 18.2 Å². The number of hydrogen-bond acceptors (Lipinski definition) is 4. The number of amides is 3. The second kappa shape index (κ2) is 7.48. The molecule has 1 aliphatic rings. The molecule has 0 saturated carbocycles.